The van der Waals surface area contributed by atoms with Crippen LogP contribution in [0.5, 0.6) is 0 Å². The van der Waals surface area contributed by atoms with Crippen molar-refractivity contribution in [1.82, 2.24) is 19.7 Å². The molecule has 6 heteroatoms. The first kappa shape index (κ1) is 16.8. The van der Waals surface area contributed by atoms with Crippen LogP contribution in [0.15, 0.2) is 48.9 Å². The summed E-state index contributed by atoms with van der Waals surface area (Å²) in [6.07, 6.45) is 10.2. The highest BCUT2D eigenvalue weighted by Crippen LogP contribution is 2.52. The van der Waals surface area contributed by atoms with Crippen molar-refractivity contribution < 1.29 is 4.79 Å². The molecule has 1 aliphatic carbocycles. The molecular weight excluding hydrogens is 362 g/mol. The summed E-state index contributed by atoms with van der Waals surface area (Å²) in [6, 6.07) is 10.7. The average molecular weight is 385 g/mol. The summed E-state index contributed by atoms with van der Waals surface area (Å²) >= 11 is 0. The SMILES string of the molecule is Cn1ccc(-c2cc(NC(=O)N3C4CCC3c3cnccc34)ccc2C2CC2)n1. The Balaban J connectivity index is 1.30. The molecule has 1 saturated carbocycles. The van der Waals surface area contributed by atoms with Gasteiger partial charge in [-0.1, -0.05) is 6.07 Å². The van der Waals surface area contributed by atoms with E-state index in [9.17, 15) is 4.79 Å². The second-order valence-corrected chi connectivity index (χ2v) is 8.40. The Morgan fingerprint density at radius 1 is 1.03 bits per heavy atom. The normalized spacial score (nSPS) is 22.0. The van der Waals surface area contributed by atoms with E-state index in [4.69, 9.17) is 0 Å². The summed E-state index contributed by atoms with van der Waals surface area (Å²) in [4.78, 5) is 19.5. The van der Waals surface area contributed by atoms with Gasteiger partial charge in [-0.2, -0.15) is 5.10 Å². The molecule has 2 aliphatic heterocycles. The van der Waals surface area contributed by atoms with E-state index in [1.807, 2.05) is 47.4 Å². The van der Waals surface area contributed by atoms with Crippen molar-refractivity contribution in [3.63, 3.8) is 0 Å². The van der Waals surface area contributed by atoms with Crippen molar-refractivity contribution in [2.45, 2.75) is 43.7 Å². The second-order valence-electron chi connectivity index (χ2n) is 8.40. The molecule has 2 aromatic heterocycles. The van der Waals surface area contributed by atoms with Gasteiger partial charge >= 0.3 is 6.03 Å². The lowest BCUT2D eigenvalue weighted by Gasteiger charge is -2.23. The maximum atomic E-state index is 13.2. The molecule has 2 bridgehead atoms. The minimum absolute atomic E-state index is 0.0279. The number of pyridine rings is 1. The van der Waals surface area contributed by atoms with E-state index < -0.39 is 0 Å². The van der Waals surface area contributed by atoms with E-state index in [0.717, 1.165) is 29.8 Å². The number of carbonyl (C=O) groups is 1. The number of urea groups is 1. The molecule has 29 heavy (non-hydrogen) atoms. The van der Waals surface area contributed by atoms with Gasteiger partial charge in [0.05, 0.1) is 17.8 Å². The van der Waals surface area contributed by atoms with Gasteiger partial charge in [-0.3, -0.25) is 9.67 Å². The lowest BCUT2D eigenvalue weighted by atomic mass is 9.94. The van der Waals surface area contributed by atoms with Crippen molar-refractivity contribution in [3.8, 4) is 11.3 Å². The number of hydrogen-bond donors (Lipinski definition) is 1. The molecular formula is C23H23N5O. The molecule has 146 valence electrons. The van der Waals surface area contributed by atoms with E-state index >= 15 is 0 Å². The van der Waals surface area contributed by atoms with E-state index in [0.29, 0.717) is 5.92 Å². The fourth-order valence-electron chi connectivity index (χ4n) is 5.06. The molecule has 4 heterocycles. The average Bonchev–Trinajstić information content (AvgIpc) is 3.22. The van der Waals surface area contributed by atoms with Crippen LogP contribution in [-0.4, -0.2) is 25.7 Å². The number of aromatic nitrogens is 3. The molecule has 0 spiro atoms. The molecule has 0 radical (unpaired) electrons. The fraction of sp³-hybridized carbons (Fsp3) is 0.348. The highest BCUT2D eigenvalue weighted by Gasteiger charge is 2.46. The highest BCUT2D eigenvalue weighted by molar-refractivity contribution is 5.92. The number of benzene rings is 1. The monoisotopic (exact) mass is 385 g/mol. The van der Waals surface area contributed by atoms with Gasteiger partial charge in [-0.05, 0) is 72.6 Å². The Labute approximate surface area is 169 Å². The zero-order valence-electron chi connectivity index (χ0n) is 16.4. The molecule has 2 atom stereocenters. The number of nitrogens with one attached hydrogen (secondary N) is 1. The maximum absolute atomic E-state index is 13.2. The standard InChI is InChI=1S/C23H23N5O/c1-27-11-9-20(26-27)18-12-15(4-5-16(18)14-2-3-14)25-23(29)28-21-6-7-22(28)19-13-24-10-8-17(19)21/h4-5,8-14,21-22H,2-3,6-7H2,1H3,(H,25,29). The number of rotatable bonds is 3. The second kappa shape index (κ2) is 6.17. The van der Waals surface area contributed by atoms with E-state index in [1.54, 1.807) is 0 Å². The van der Waals surface area contributed by atoms with Crippen LogP contribution in [0.2, 0.25) is 0 Å². The number of fused-ring (bicyclic) bond motifs is 5. The van der Waals surface area contributed by atoms with Crippen LogP contribution in [0, 0.1) is 0 Å². The first-order valence-electron chi connectivity index (χ1n) is 10.4. The van der Waals surface area contributed by atoms with E-state index in [2.05, 4.69) is 33.6 Å². The lowest BCUT2D eigenvalue weighted by molar-refractivity contribution is 0.197. The van der Waals surface area contributed by atoms with Crippen LogP contribution >= 0.6 is 0 Å². The summed E-state index contributed by atoms with van der Waals surface area (Å²) in [5.41, 5.74) is 6.71. The van der Waals surface area contributed by atoms with E-state index in [-0.39, 0.29) is 18.1 Å². The van der Waals surface area contributed by atoms with Crippen LogP contribution < -0.4 is 5.32 Å². The Hall–Kier alpha value is -3.15. The molecule has 1 N–H and O–H groups in total. The molecule has 2 amide bonds. The van der Waals surface area contributed by atoms with Gasteiger partial charge in [0.15, 0.2) is 0 Å². The Morgan fingerprint density at radius 3 is 2.59 bits per heavy atom. The first-order chi connectivity index (χ1) is 14.2. The predicted octanol–water partition coefficient (Wildman–Crippen LogP) is 4.78. The van der Waals surface area contributed by atoms with Gasteiger partial charge in [0.1, 0.15) is 0 Å². The summed E-state index contributed by atoms with van der Waals surface area (Å²) in [6.45, 7) is 0. The molecule has 3 aromatic rings. The predicted molar refractivity (Wildman–Crippen MR) is 110 cm³/mol. The van der Waals surface area contributed by atoms with Gasteiger partial charge in [-0.25, -0.2) is 4.79 Å². The largest absolute Gasteiger partial charge is 0.322 e. The molecule has 6 rings (SSSR count). The lowest BCUT2D eigenvalue weighted by Crippen LogP contribution is -2.32. The molecule has 2 unspecified atom stereocenters. The first-order valence-corrected chi connectivity index (χ1v) is 10.4. The summed E-state index contributed by atoms with van der Waals surface area (Å²) < 4.78 is 1.82. The third-order valence-corrected chi connectivity index (χ3v) is 6.54. The minimum Gasteiger partial charge on any atom is -0.310 e. The smallest absolute Gasteiger partial charge is 0.310 e. The van der Waals surface area contributed by atoms with Gasteiger partial charge in [0.25, 0.3) is 0 Å². The molecule has 3 aliphatic rings. The fourth-order valence-corrected chi connectivity index (χ4v) is 5.06. The quantitative estimate of drug-likeness (QED) is 0.705. The number of hydrogen-bond acceptors (Lipinski definition) is 3. The van der Waals surface area contributed by atoms with E-state index in [1.165, 1.54) is 29.5 Å². The van der Waals surface area contributed by atoms with Gasteiger partial charge in [0, 0.05) is 36.9 Å². The number of amides is 2. The Kier molecular flexibility index (Phi) is 3.57. The van der Waals surface area contributed by atoms with Crippen molar-refractivity contribution >= 4 is 11.7 Å². The highest BCUT2D eigenvalue weighted by atomic mass is 16.2. The van der Waals surface area contributed by atoms with Crippen molar-refractivity contribution in [1.29, 1.82) is 0 Å². The number of carbonyl (C=O) groups excluding carboxylic acids is 1. The van der Waals surface area contributed by atoms with Crippen LogP contribution in [-0.2, 0) is 7.05 Å². The van der Waals surface area contributed by atoms with Crippen molar-refractivity contribution in [2.24, 2.45) is 7.05 Å². The number of aryl methyl sites for hydroxylation is 1. The number of anilines is 1. The third-order valence-electron chi connectivity index (χ3n) is 6.54. The topological polar surface area (TPSA) is 63.1 Å². The van der Waals surface area contributed by atoms with Crippen LogP contribution in [0.3, 0.4) is 0 Å². The van der Waals surface area contributed by atoms with Gasteiger partial charge in [0.2, 0.25) is 0 Å². The maximum Gasteiger partial charge on any atom is 0.322 e. The molecule has 6 nitrogen and oxygen atoms in total. The van der Waals surface area contributed by atoms with Gasteiger partial charge < -0.3 is 10.2 Å². The zero-order chi connectivity index (χ0) is 19.5. The summed E-state index contributed by atoms with van der Waals surface area (Å²) in [5, 5.41) is 7.75. The Bertz CT molecular complexity index is 1080. The summed E-state index contributed by atoms with van der Waals surface area (Å²) in [5.74, 6) is 0.619. The van der Waals surface area contributed by atoms with Crippen LogP contribution in [0.1, 0.15) is 60.4 Å². The van der Waals surface area contributed by atoms with Crippen LogP contribution in [0.4, 0.5) is 10.5 Å². The van der Waals surface area contributed by atoms with Crippen molar-refractivity contribution in [3.05, 3.63) is 65.6 Å². The zero-order valence-corrected chi connectivity index (χ0v) is 16.4. The Morgan fingerprint density at radius 2 is 1.86 bits per heavy atom. The minimum atomic E-state index is -0.0279. The molecule has 2 fully saturated rings. The third kappa shape index (κ3) is 2.66. The number of nitrogens with zero attached hydrogens (tertiary/aromatic N) is 4. The van der Waals surface area contributed by atoms with Crippen LogP contribution in [0.25, 0.3) is 11.3 Å². The molecule has 1 saturated heterocycles. The summed E-state index contributed by atoms with van der Waals surface area (Å²) in [7, 11) is 1.93. The molecule has 1 aromatic carbocycles. The van der Waals surface area contributed by atoms with Crippen molar-refractivity contribution in [2.75, 3.05) is 5.32 Å². The van der Waals surface area contributed by atoms with Gasteiger partial charge in [-0.15, -0.1) is 0 Å².